The Bertz CT molecular complexity index is 777. The van der Waals surface area contributed by atoms with Crippen LogP contribution >= 0.6 is 11.8 Å². The molecule has 0 saturated carbocycles. The highest BCUT2D eigenvalue weighted by Gasteiger charge is 2.24. The van der Waals surface area contributed by atoms with Crippen LogP contribution in [0.2, 0.25) is 0 Å². The number of rotatable bonds is 7. The number of thioether (sulfide) groups is 1. The second-order valence-electron chi connectivity index (χ2n) is 5.99. The van der Waals surface area contributed by atoms with E-state index in [1.807, 2.05) is 48.5 Å². The van der Waals surface area contributed by atoms with Crippen LogP contribution in [0, 0.1) is 0 Å². The van der Waals surface area contributed by atoms with Crippen molar-refractivity contribution in [3.8, 4) is 5.75 Å². The molecule has 1 heterocycles. The summed E-state index contributed by atoms with van der Waals surface area (Å²) in [4.78, 5) is 27.1. The van der Waals surface area contributed by atoms with Crippen LogP contribution in [0.25, 0.3) is 0 Å². The SMILES string of the molecule is COc1ccc(SCCC(=O)Nc2ccccc2N2CCCC2=O)cc1. The Morgan fingerprint density at radius 2 is 1.96 bits per heavy atom. The van der Waals surface area contributed by atoms with E-state index in [1.165, 1.54) is 0 Å². The van der Waals surface area contributed by atoms with Crippen molar-refractivity contribution in [2.24, 2.45) is 0 Å². The maximum atomic E-state index is 12.3. The zero-order valence-electron chi connectivity index (χ0n) is 14.7. The second-order valence-corrected chi connectivity index (χ2v) is 7.16. The third-order valence-corrected chi connectivity index (χ3v) is 5.21. The normalized spacial score (nSPS) is 13.7. The highest BCUT2D eigenvalue weighted by molar-refractivity contribution is 7.99. The van der Waals surface area contributed by atoms with E-state index in [4.69, 9.17) is 4.74 Å². The van der Waals surface area contributed by atoms with Crippen LogP contribution in [0.4, 0.5) is 11.4 Å². The Morgan fingerprint density at radius 1 is 1.19 bits per heavy atom. The van der Waals surface area contributed by atoms with Crippen LogP contribution in [0.1, 0.15) is 19.3 Å². The van der Waals surface area contributed by atoms with Gasteiger partial charge in [-0.3, -0.25) is 9.59 Å². The number of benzene rings is 2. The number of methoxy groups -OCH3 is 1. The molecule has 0 unspecified atom stereocenters. The molecule has 2 aromatic rings. The maximum Gasteiger partial charge on any atom is 0.227 e. The lowest BCUT2D eigenvalue weighted by molar-refractivity contribution is -0.117. The first-order chi connectivity index (χ1) is 12.7. The predicted molar refractivity (Wildman–Crippen MR) is 105 cm³/mol. The van der Waals surface area contributed by atoms with E-state index in [0.717, 1.165) is 22.8 Å². The molecule has 1 fully saturated rings. The first-order valence-corrected chi connectivity index (χ1v) is 9.62. The lowest BCUT2D eigenvalue weighted by Gasteiger charge is -2.20. The molecule has 136 valence electrons. The summed E-state index contributed by atoms with van der Waals surface area (Å²) in [5.74, 6) is 1.57. The molecule has 1 saturated heterocycles. The van der Waals surface area contributed by atoms with E-state index in [-0.39, 0.29) is 11.8 Å². The fourth-order valence-electron chi connectivity index (χ4n) is 2.86. The molecule has 0 spiro atoms. The van der Waals surface area contributed by atoms with Gasteiger partial charge in [-0.25, -0.2) is 0 Å². The van der Waals surface area contributed by atoms with E-state index in [9.17, 15) is 9.59 Å². The Hall–Kier alpha value is -2.47. The molecule has 0 radical (unpaired) electrons. The molecule has 2 aromatic carbocycles. The summed E-state index contributed by atoms with van der Waals surface area (Å²) in [7, 11) is 1.64. The molecule has 3 rings (SSSR count). The zero-order valence-corrected chi connectivity index (χ0v) is 15.6. The lowest BCUT2D eigenvalue weighted by Crippen LogP contribution is -2.25. The summed E-state index contributed by atoms with van der Waals surface area (Å²) < 4.78 is 5.14. The highest BCUT2D eigenvalue weighted by Crippen LogP contribution is 2.29. The molecule has 26 heavy (non-hydrogen) atoms. The number of ether oxygens (including phenoxy) is 1. The van der Waals surface area contributed by atoms with Crippen LogP contribution in [0.5, 0.6) is 5.75 Å². The molecule has 6 heteroatoms. The first-order valence-electron chi connectivity index (χ1n) is 8.63. The number of anilines is 2. The average molecular weight is 370 g/mol. The molecule has 0 bridgehead atoms. The van der Waals surface area contributed by atoms with E-state index in [1.54, 1.807) is 23.8 Å². The minimum Gasteiger partial charge on any atom is -0.497 e. The molecular weight excluding hydrogens is 348 g/mol. The largest absolute Gasteiger partial charge is 0.497 e. The minimum atomic E-state index is -0.0508. The number of hydrogen-bond acceptors (Lipinski definition) is 4. The van der Waals surface area contributed by atoms with E-state index in [2.05, 4.69) is 5.32 Å². The molecule has 0 aromatic heterocycles. The Kier molecular flexibility index (Phi) is 6.17. The van der Waals surface area contributed by atoms with Crippen molar-refractivity contribution < 1.29 is 14.3 Å². The zero-order chi connectivity index (χ0) is 18.4. The van der Waals surface area contributed by atoms with Gasteiger partial charge in [0.15, 0.2) is 0 Å². The van der Waals surface area contributed by atoms with Crippen molar-refractivity contribution in [3.05, 3.63) is 48.5 Å². The highest BCUT2D eigenvalue weighted by atomic mass is 32.2. The molecule has 5 nitrogen and oxygen atoms in total. The average Bonchev–Trinajstić information content (AvgIpc) is 3.08. The third-order valence-electron chi connectivity index (χ3n) is 4.20. The fourth-order valence-corrected chi connectivity index (χ4v) is 3.72. The standard InChI is InChI=1S/C20H22N2O3S/c1-25-15-8-10-16(11-9-15)26-14-12-19(23)21-17-5-2-3-6-18(17)22-13-4-7-20(22)24/h2-3,5-6,8-11H,4,7,12-14H2,1H3,(H,21,23). The van der Waals surface area contributed by atoms with Gasteiger partial charge in [-0.05, 0) is 42.8 Å². The Labute approximate surface area is 157 Å². The van der Waals surface area contributed by atoms with E-state index >= 15 is 0 Å². The summed E-state index contributed by atoms with van der Waals surface area (Å²) in [5.41, 5.74) is 1.48. The second kappa shape index (κ2) is 8.76. The Balaban J connectivity index is 1.54. The van der Waals surface area contributed by atoms with Crippen molar-refractivity contribution in [1.82, 2.24) is 0 Å². The first kappa shape index (κ1) is 18.3. The summed E-state index contributed by atoms with van der Waals surface area (Å²) in [6.07, 6.45) is 1.83. The van der Waals surface area contributed by atoms with Crippen LogP contribution in [-0.4, -0.2) is 31.2 Å². The molecule has 2 amide bonds. The number of nitrogens with zero attached hydrogens (tertiary/aromatic N) is 1. The van der Waals surface area contributed by atoms with Crippen LogP contribution in [-0.2, 0) is 9.59 Å². The Morgan fingerprint density at radius 3 is 2.65 bits per heavy atom. The maximum absolute atomic E-state index is 12.3. The third kappa shape index (κ3) is 4.58. The number of hydrogen-bond donors (Lipinski definition) is 1. The molecule has 0 atom stereocenters. The summed E-state index contributed by atoms with van der Waals surface area (Å²) in [6, 6.07) is 15.3. The van der Waals surface area contributed by atoms with Crippen LogP contribution in [0.15, 0.2) is 53.4 Å². The molecule has 1 N–H and O–H groups in total. The van der Waals surface area contributed by atoms with Gasteiger partial charge < -0.3 is 15.0 Å². The fraction of sp³-hybridized carbons (Fsp3) is 0.300. The quantitative estimate of drug-likeness (QED) is 0.750. The smallest absolute Gasteiger partial charge is 0.227 e. The number of nitrogens with one attached hydrogen (secondary N) is 1. The molecular formula is C20H22N2O3S. The summed E-state index contributed by atoms with van der Waals surface area (Å²) in [6.45, 7) is 0.707. The van der Waals surface area contributed by atoms with E-state index in [0.29, 0.717) is 30.8 Å². The van der Waals surface area contributed by atoms with Gasteiger partial charge in [-0.2, -0.15) is 0 Å². The topological polar surface area (TPSA) is 58.6 Å². The van der Waals surface area contributed by atoms with Crippen LogP contribution in [0.3, 0.4) is 0 Å². The van der Waals surface area contributed by atoms with Gasteiger partial charge in [-0.1, -0.05) is 12.1 Å². The molecule has 1 aliphatic heterocycles. The monoisotopic (exact) mass is 370 g/mol. The van der Waals surface area contributed by atoms with Gasteiger partial charge in [-0.15, -0.1) is 11.8 Å². The van der Waals surface area contributed by atoms with Crippen LogP contribution < -0.4 is 15.0 Å². The summed E-state index contributed by atoms with van der Waals surface area (Å²) in [5, 5.41) is 2.95. The van der Waals surface area contributed by atoms with Crippen molar-refractivity contribution in [2.45, 2.75) is 24.2 Å². The lowest BCUT2D eigenvalue weighted by atomic mass is 10.2. The van der Waals surface area contributed by atoms with Gasteiger partial charge >= 0.3 is 0 Å². The number of para-hydroxylation sites is 2. The number of amides is 2. The molecule has 0 aliphatic carbocycles. The van der Waals surface area contributed by atoms with E-state index < -0.39 is 0 Å². The van der Waals surface area contributed by atoms with Gasteiger partial charge in [0.2, 0.25) is 11.8 Å². The van der Waals surface area contributed by atoms with Crippen molar-refractivity contribution in [1.29, 1.82) is 0 Å². The summed E-state index contributed by atoms with van der Waals surface area (Å²) >= 11 is 1.63. The van der Waals surface area contributed by atoms with Crippen molar-refractivity contribution in [2.75, 3.05) is 29.6 Å². The van der Waals surface area contributed by atoms with Gasteiger partial charge in [0.1, 0.15) is 5.75 Å². The van der Waals surface area contributed by atoms with Gasteiger partial charge in [0.05, 0.1) is 18.5 Å². The number of carbonyl (C=O) groups excluding carboxylic acids is 2. The number of carbonyl (C=O) groups is 2. The predicted octanol–water partition coefficient (Wildman–Crippen LogP) is 3.94. The van der Waals surface area contributed by atoms with Crippen molar-refractivity contribution >= 4 is 35.0 Å². The van der Waals surface area contributed by atoms with Gasteiger partial charge in [0, 0.05) is 30.0 Å². The van der Waals surface area contributed by atoms with Crippen molar-refractivity contribution in [3.63, 3.8) is 0 Å². The molecule has 1 aliphatic rings. The van der Waals surface area contributed by atoms with Gasteiger partial charge in [0.25, 0.3) is 0 Å². The minimum absolute atomic E-state index is 0.0508.